The number of hydrogen-bond donors (Lipinski definition) is 3. The molecule has 1 aliphatic heterocycles. The van der Waals surface area contributed by atoms with Crippen molar-refractivity contribution in [3.05, 3.63) is 35.9 Å². The smallest absolute Gasteiger partial charge is 0.408 e. The number of ether oxygens (including phenoxy) is 1. The van der Waals surface area contributed by atoms with E-state index >= 15 is 0 Å². The van der Waals surface area contributed by atoms with E-state index in [1.807, 2.05) is 44.2 Å². The summed E-state index contributed by atoms with van der Waals surface area (Å²) in [5.74, 6) is -0.631. The van der Waals surface area contributed by atoms with E-state index < -0.39 is 24.1 Å². The molecule has 0 bridgehead atoms. The number of nitrogens with one attached hydrogen (secondary N) is 3. The minimum Gasteiger partial charge on any atom is -0.445 e. The van der Waals surface area contributed by atoms with Gasteiger partial charge in [0.15, 0.2) is 5.78 Å². The Labute approximate surface area is 176 Å². The highest BCUT2D eigenvalue weighted by molar-refractivity contribution is 5.91. The van der Waals surface area contributed by atoms with Gasteiger partial charge in [-0.3, -0.25) is 9.59 Å². The van der Waals surface area contributed by atoms with Crippen molar-refractivity contribution in [1.82, 2.24) is 20.9 Å². The van der Waals surface area contributed by atoms with Gasteiger partial charge in [-0.1, -0.05) is 44.2 Å². The van der Waals surface area contributed by atoms with Crippen LogP contribution in [0.5, 0.6) is 0 Å². The maximum Gasteiger partial charge on any atom is 0.408 e. The average Bonchev–Trinajstić information content (AvgIpc) is 3.10. The molecule has 1 saturated heterocycles. The molecule has 1 fully saturated rings. The molecule has 2 rings (SSSR count). The van der Waals surface area contributed by atoms with Crippen LogP contribution in [0.1, 0.15) is 32.8 Å². The maximum atomic E-state index is 12.8. The molecule has 164 valence electrons. The zero-order chi connectivity index (χ0) is 22.1. The molecular weight excluding hydrogens is 388 g/mol. The number of carbonyl (C=O) groups is 4. The van der Waals surface area contributed by atoms with Gasteiger partial charge < -0.3 is 25.6 Å². The summed E-state index contributed by atoms with van der Waals surface area (Å²) in [6.45, 7) is 6.35. The van der Waals surface area contributed by atoms with Crippen molar-refractivity contribution in [1.29, 1.82) is 0 Å². The molecule has 0 radical (unpaired) electrons. The zero-order valence-corrected chi connectivity index (χ0v) is 17.6. The van der Waals surface area contributed by atoms with Crippen molar-refractivity contribution in [2.75, 3.05) is 19.6 Å². The van der Waals surface area contributed by atoms with Gasteiger partial charge in [0.2, 0.25) is 5.91 Å². The number of ketones is 1. The lowest BCUT2D eigenvalue weighted by atomic mass is 10.0. The summed E-state index contributed by atoms with van der Waals surface area (Å²) in [5, 5.41) is 7.91. The second kappa shape index (κ2) is 11.2. The van der Waals surface area contributed by atoms with E-state index in [-0.39, 0.29) is 30.9 Å². The molecule has 1 aliphatic rings. The Morgan fingerprint density at radius 3 is 2.40 bits per heavy atom. The Bertz CT molecular complexity index is 753. The van der Waals surface area contributed by atoms with E-state index in [1.165, 1.54) is 11.8 Å². The number of alkyl carbamates (subject to hydrolysis) is 1. The van der Waals surface area contributed by atoms with Crippen LogP contribution in [0.4, 0.5) is 9.59 Å². The highest BCUT2D eigenvalue weighted by Crippen LogP contribution is 2.08. The molecule has 1 unspecified atom stereocenters. The SMILES string of the molecule is CC(=O)C(CN1CCNC1=O)NC(=O)[C@H](CC(C)C)NC(=O)OCc1ccccc1. The molecule has 1 aromatic rings. The van der Waals surface area contributed by atoms with Gasteiger partial charge in [0.05, 0.1) is 0 Å². The summed E-state index contributed by atoms with van der Waals surface area (Å²) in [4.78, 5) is 50.3. The second-order valence-electron chi connectivity index (χ2n) is 7.74. The van der Waals surface area contributed by atoms with E-state index in [1.54, 1.807) is 0 Å². The lowest BCUT2D eigenvalue weighted by Crippen LogP contribution is -2.55. The molecule has 9 heteroatoms. The molecule has 4 amide bonds. The van der Waals surface area contributed by atoms with E-state index in [4.69, 9.17) is 4.74 Å². The molecular formula is C21H30N4O5. The van der Waals surface area contributed by atoms with Crippen LogP contribution in [0.25, 0.3) is 0 Å². The van der Waals surface area contributed by atoms with Crippen molar-refractivity contribution in [2.45, 2.75) is 45.9 Å². The Kier molecular flexibility index (Phi) is 8.64. The molecule has 1 aromatic carbocycles. The van der Waals surface area contributed by atoms with Crippen LogP contribution in [-0.4, -0.2) is 60.4 Å². The van der Waals surface area contributed by atoms with Gasteiger partial charge in [0.25, 0.3) is 0 Å². The van der Waals surface area contributed by atoms with E-state index in [0.29, 0.717) is 19.5 Å². The van der Waals surface area contributed by atoms with Gasteiger partial charge in [-0.25, -0.2) is 9.59 Å². The highest BCUT2D eigenvalue weighted by Gasteiger charge is 2.30. The third-order valence-electron chi connectivity index (χ3n) is 4.68. The van der Waals surface area contributed by atoms with Crippen LogP contribution >= 0.6 is 0 Å². The Morgan fingerprint density at radius 2 is 1.83 bits per heavy atom. The Morgan fingerprint density at radius 1 is 1.13 bits per heavy atom. The van der Waals surface area contributed by atoms with Crippen LogP contribution < -0.4 is 16.0 Å². The van der Waals surface area contributed by atoms with Gasteiger partial charge in [-0.15, -0.1) is 0 Å². The molecule has 9 nitrogen and oxygen atoms in total. The summed E-state index contributed by atoms with van der Waals surface area (Å²) in [6.07, 6.45) is -0.334. The highest BCUT2D eigenvalue weighted by atomic mass is 16.5. The van der Waals surface area contributed by atoms with E-state index in [9.17, 15) is 19.2 Å². The molecule has 0 aliphatic carbocycles. The number of urea groups is 1. The minimum atomic E-state index is -0.859. The number of Topliss-reactive ketones (excluding diaryl/α,β-unsaturated/α-hetero) is 1. The van der Waals surface area contributed by atoms with Crippen LogP contribution in [0, 0.1) is 5.92 Å². The van der Waals surface area contributed by atoms with Crippen LogP contribution in [0.2, 0.25) is 0 Å². The number of benzene rings is 1. The van der Waals surface area contributed by atoms with E-state index in [0.717, 1.165) is 5.56 Å². The number of hydrogen-bond acceptors (Lipinski definition) is 5. The van der Waals surface area contributed by atoms with Gasteiger partial charge in [-0.2, -0.15) is 0 Å². The standard InChI is InChI=1S/C21H30N4O5/c1-14(2)11-17(24-21(29)30-13-16-7-5-4-6-8-16)19(27)23-18(15(3)26)12-25-10-9-22-20(25)28/h4-8,14,17-18H,9-13H2,1-3H3,(H,22,28)(H,23,27)(H,24,29)/t17-,18?/m0/s1. The van der Waals surface area contributed by atoms with Crippen LogP contribution in [-0.2, 0) is 20.9 Å². The summed E-state index contributed by atoms with van der Waals surface area (Å²) in [7, 11) is 0. The van der Waals surface area contributed by atoms with E-state index in [2.05, 4.69) is 16.0 Å². The quantitative estimate of drug-likeness (QED) is 0.531. The van der Waals surface area contributed by atoms with Crippen LogP contribution in [0.3, 0.4) is 0 Å². The third-order valence-corrected chi connectivity index (χ3v) is 4.68. The minimum absolute atomic E-state index is 0.0831. The first-order valence-corrected chi connectivity index (χ1v) is 10.1. The number of carbonyl (C=O) groups excluding carboxylic acids is 4. The number of amides is 4. The predicted molar refractivity (Wildman–Crippen MR) is 111 cm³/mol. The van der Waals surface area contributed by atoms with Gasteiger partial charge in [0.1, 0.15) is 18.7 Å². The first-order chi connectivity index (χ1) is 14.3. The number of nitrogens with zero attached hydrogens (tertiary/aromatic N) is 1. The summed E-state index contributed by atoms with van der Waals surface area (Å²) < 4.78 is 5.21. The fourth-order valence-electron chi connectivity index (χ4n) is 3.06. The van der Waals surface area contributed by atoms with Crippen molar-refractivity contribution in [3.63, 3.8) is 0 Å². The molecule has 3 N–H and O–H groups in total. The average molecular weight is 418 g/mol. The van der Waals surface area contributed by atoms with Crippen molar-refractivity contribution in [3.8, 4) is 0 Å². The predicted octanol–water partition coefficient (Wildman–Crippen LogP) is 1.43. The molecule has 30 heavy (non-hydrogen) atoms. The summed E-state index contributed by atoms with van der Waals surface area (Å²) in [6, 6.07) is 7.23. The number of rotatable bonds is 10. The fourth-order valence-corrected chi connectivity index (χ4v) is 3.06. The van der Waals surface area contributed by atoms with Gasteiger partial charge >= 0.3 is 12.1 Å². The van der Waals surface area contributed by atoms with Crippen molar-refractivity contribution < 1.29 is 23.9 Å². The molecule has 2 atom stereocenters. The molecule has 1 heterocycles. The summed E-state index contributed by atoms with van der Waals surface area (Å²) >= 11 is 0. The fraction of sp³-hybridized carbons (Fsp3) is 0.524. The Balaban J connectivity index is 1.95. The topological polar surface area (TPSA) is 117 Å². The summed E-state index contributed by atoms with van der Waals surface area (Å²) in [5.41, 5.74) is 0.832. The molecule has 0 saturated carbocycles. The zero-order valence-electron chi connectivity index (χ0n) is 17.6. The lowest BCUT2D eigenvalue weighted by molar-refractivity contribution is -0.128. The molecule has 0 aromatic heterocycles. The second-order valence-corrected chi connectivity index (χ2v) is 7.74. The monoisotopic (exact) mass is 418 g/mol. The van der Waals surface area contributed by atoms with Gasteiger partial charge in [0, 0.05) is 19.6 Å². The van der Waals surface area contributed by atoms with Crippen molar-refractivity contribution in [2.24, 2.45) is 5.92 Å². The van der Waals surface area contributed by atoms with Crippen molar-refractivity contribution >= 4 is 23.8 Å². The molecule has 0 spiro atoms. The van der Waals surface area contributed by atoms with Gasteiger partial charge in [-0.05, 0) is 24.8 Å². The maximum absolute atomic E-state index is 12.8. The first kappa shape index (κ1) is 23.2. The normalized spacial score (nSPS) is 15.3. The largest absolute Gasteiger partial charge is 0.445 e. The Hall–Kier alpha value is -3.10. The third kappa shape index (κ3) is 7.38. The first-order valence-electron chi connectivity index (χ1n) is 10.1. The lowest BCUT2D eigenvalue weighted by Gasteiger charge is -2.25. The van der Waals surface area contributed by atoms with Crippen LogP contribution in [0.15, 0.2) is 30.3 Å².